The normalized spacial score (nSPS) is 10.1. The van der Waals surface area contributed by atoms with Crippen molar-refractivity contribution in [3.8, 4) is 5.75 Å². The van der Waals surface area contributed by atoms with Gasteiger partial charge in [-0.25, -0.2) is 8.78 Å². The van der Waals surface area contributed by atoms with Gasteiger partial charge in [-0.1, -0.05) is 0 Å². The van der Waals surface area contributed by atoms with Gasteiger partial charge >= 0.3 is 0 Å². The lowest BCUT2D eigenvalue weighted by atomic mass is 10.1. The van der Waals surface area contributed by atoms with E-state index in [2.05, 4.69) is 0 Å². The van der Waals surface area contributed by atoms with Crippen molar-refractivity contribution in [3.05, 3.63) is 29.3 Å². The Morgan fingerprint density at radius 3 is 2.54 bits per heavy atom. The minimum atomic E-state index is -1.11. The fourth-order valence-electron chi connectivity index (χ4n) is 0.823. The van der Waals surface area contributed by atoms with Gasteiger partial charge in [0.05, 0.1) is 11.4 Å². The highest BCUT2D eigenvalue weighted by Crippen LogP contribution is 2.20. The summed E-state index contributed by atoms with van der Waals surface area (Å²) in [7, 11) is 0. The minimum absolute atomic E-state index is 0.408. The van der Waals surface area contributed by atoms with Crippen molar-refractivity contribution in [2.45, 2.75) is 0 Å². The number of phenolic OH excluding ortho intramolecular Hbond substituents is 1. The van der Waals surface area contributed by atoms with E-state index in [4.69, 9.17) is 16.7 Å². The van der Waals surface area contributed by atoms with Crippen LogP contribution in [0, 0.1) is 11.6 Å². The van der Waals surface area contributed by atoms with Crippen LogP contribution in [0.4, 0.5) is 8.78 Å². The molecule has 1 N–H and O–H groups in total. The molecule has 1 aromatic carbocycles. The summed E-state index contributed by atoms with van der Waals surface area (Å²) < 4.78 is 25.3. The third kappa shape index (κ3) is 1.95. The molecule has 1 rings (SSSR count). The van der Waals surface area contributed by atoms with Crippen molar-refractivity contribution in [1.82, 2.24) is 0 Å². The molecule has 0 aliphatic rings. The smallest absolute Gasteiger partial charge is 0.180 e. The van der Waals surface area contributed by atoms with Gasteiger partial charge in [0.25, 0.3) is 0 Å². The number of carbonyl (C=O) groups is 1. The van der Waals surface area contributed by atoms with E-state index in [0.717, 1.165) is 6.07 Å². The van der Waals surface area contributed by atoms with Crippen LogP contribution in [0.1, 0.15) is 10.4 Å². The summed E-state index contributed by atoms with van der Waals surface area (Å²) in [6.07, 6.45) is 0. The Hall–Kier alpha value is -1.16. The van der Waals surface area contributed by atoms with Crippen LogP contribution in [0.15, 0.2) is 12.1 Å². The van der Waals surface area contributed by atoms with Gasteiger partial charge in [0.2, 0.25) is 0 Å². The van der Waals surface area contributed by atoms with E-state index in [9.17, 15) is 13.6 Å². The maximum atomic E-state index is 12.8. The molecule has 0 aliphatic heterocycles. The Labute approximate surface area is 77.8 Å². The molecule has 0 aliphatic carbocycles. The summed E-state index contributed by atoms with van der Waals surface area (Å²) in [6.45, 7) is 0. The first-order chi connectivity index (χ1) is 6.06. The SMILES string of the molecule is O=C(CCl)c1cc(O)c(F)cc1F. The highest BCUT2D eigenvalue weighted by molar-refractivity contribution is 6.30. The molecular formula is C8H5ClF2O2. The average Bonchev–Trinajstić information content (AvgIpc) is 2.10. The summed E-state index contributed by atoms with van der Waals surface area (Å²) in [5, 5.41) is 8.83. The Morgan fingerprint density at radius 2 is 2.00 bits per heavy atom. The lowest BCUT2D eigenvalue weighted by Crippen LogP contribution is -2.04. The minimum Gasteiger partial charge on any atom is -0.505 e. The monoisotopic (exact) mass is 206 g/mol. The van der Waals surface area contributed by atoms with E-state index in [0.29, 0.717) is 6.07 Å². The zero-order valence-electron chi connectivity index (χ0n) is 6.35. The number of halogens is 3. The molecule has 1 aromatic rings. The number of carbonyl (C=O) groups excluding carboxylic acids is 1. The predicted molar refractivity (Wildman–Crippen MR) is 43.1 cm³/mol. The fourth-order valence-corrected chi connectivity index (χ4v) is 0.967. The standard InChI is InChI=1S/C8H5ClF2O2/c9-3-8(13)4-1-7(12)6(11)2-5(4)10/h1-2,12H,3H2. The molecule has 0 atom stereocenters. The van der Waals surface area contributed by atoms with Crippen LogP contribution < -0.4 is 0 Å². The summed E-state index contributed by atoms with van der Waals surface area (Å²) >= 11 is 5.16. The molecule has 0 spiro atoms. The largest absolute Gasteiger partial charge is 0.505 e. The third-order valence-corrected chi connectivity index (χ3v) is 1.70. The molecule has 0 unspecified atom stereocenters. The van der Waals surface area contributed by atoms with E-state index >= 15 is 0 Å². The summed E-state index contributed by atoms with van der Waals surface area (Å²) in [5.74, 6) is -4.02. The molecule has 0 fully saturated rings. The molecule has 0 aromatic heterocycles. The lowest BCUT2D eigenvalue weighted by molar-refractivity contribution is 0.101. The van der Waals surface area contributed by atoms with Crippen molar-refractivity contribution in [3.63, 3.8) is 0 Å². The maximum Gasteiger partial charge on any atom is 0.180 e. The average molecular weight is 207 g/mol. The van der Waals surface area contributed by atoms with E-state index in [1.165, 1.54) is 0 Å². The number of alkyl halides is 1. The third-order valence-electron chi connectivity index (χ3n) is 1.46. The summed E-state index contributed by atoms with van der Waals surface area (Å²) in [5.41, 5.74) is -0.408. The van der Waals surface area contributed by atoms with Crippen molar-refractivity contribution >= 4 is 17.4 Å². The highest BCUT2D eigenvalue weighted by atomic mass is 35.5. The van der Waals surface area contributed by atoms with Crippen LogP contribution in [0.25, 0.3) is 0 Å². The second kappa shape index (κ2) is 3.70. The van der Waals surface area contributed by atoms with Gasteiger partial charge in [-0.3, -0.25) is 4.79 Å². The van der Waals surface area contributed by atoms with E-state index in [-0.39, 0.29) is 0 Å². The zero-order valence-corrected chi connectivity index (χ0v) is 7.11. The van der Waals surface area contributed by atoms with Crippen LogP contribution in [-0.4, -0.2) is 16.8 Å². The van der Waals surface area contributed by atoms with Crippen molar-refractivity contribution in [1.29, 1.82) is 0 Å². The van der Waals surface area contributed by atoms with E-state index in [1.54, 1.807) is 0 Å². The van der Waals surface area contributed by atoms with Crippen LogP contribution in [0.5, 0.6) is 5.75 Å². The number of aromatic hydroxyl groups is 1. The Bertz CT molecular complexity index is 352. The first-order valence-corrected chi connectivity index (χ1v) is 3.87. The van der Waals surface area contributed by atoms with Gasteiger partial charge in [0.15, 0.2) is 17.3 Å². The molecule has 70 valence electrons. The Balaban J connectivity index is 3.23. The van der Waals surface area contributed by atoms with Crippen molar-refractivity contribution in [2.24, 2.45) is 0 Å². The molecule has 0 radical (unpaired) electrons. The summed E-state index contributed by atoms with van der Waals surface area (Å²) in [6, 6.07) is 1.16. The number of benzene rings is 1. The van der Waals surface area contributed by atoms with E-state index < -0.39 is 34.6 Å². The van der Waals surface area contributed by atoms with Crippen molar-refractivity contribution in [2.75, 3.05) is 5.88 Å². The highest BCUT2D eigenvalue weighted by Gasteiger charge is 2.14. The number of phenols is 1. The molecule has 0 amide bonds. The molecule has 13 heavy (non-hydrogen) atoms. The molecule has 0 saturated carbocycles. The van der Waals surface area contributed by atoms with Crippen LogP contribution in [0.2, 0.25) is 0 Å². The number of Topliss-reactive ketones (excluding diaryl/α,β-unsaturated/α-hetero) is 1. The second-order valence-corrected chi connectivity index (χ2v) is 2.61. The number of hydrogen-bond acceptors (Lipinski definition) is 2. The zero-order chi connectivity index (χ0) is 10.0. The van der Waals surface area contributed by atoms with Crippen molar-refractivity contribution < 1.29 is 18.7 Å². The molecular weight excluding hydrogens is 202 g/mol. The van der Waals surface area contributed by atoms with Gasteiger partial charge in [0, 0.05) is 6.07 Å². The second-order valence-electron chi connectivity index (χ2n) is 2.34. The Morgan fingerprint density at radius 1 is 1.38 bits per heavy atom. The van der Waals surface area contributed by atoms with Crippen LogP contribution >= 0.6 is 11.6 Å². The number of rotatable bonds is 2. The fraction of sp³-hybridized carbons (Fsp3) is 0.125. The van der Waals surface area contributed by atoms with E-state index in [1.807, 2.05) is 0 Å². The maximum absolute atomic E-state index is 12.8. The van der Waals surface area contributed by atoms with Crippen LogP contribution in [-0.2, 0) is 0 Å². The van der Waals surface area contributed by atoms with Gasteiger partial charge in [-0.15, -0.1) is 11.6 Å². The molecule has 0 bridgehead atoms. The van der Waals surface area contributed by atoms with Gasteiger partial charge in [0.1, 0.15) is 5.82 Å². The lowest BCUT2D eigenvalue weighted by Gasteiger charge is -2.01. The van der Waals surface area contributed by atoms with Crippen LogP contribution in [0.3, 0.4) is 0 Å². The summed E-state index contributed by atoms with van der Waals surface area (Å²) in [4.78, 5) is 10.9. The Kier molecular flexibility index (Phi) is 2.83. The topological polar surface area (TPSA) is 37.3 Å². The first-order valence-electron chi connectivity index (χ1n) is 3.33. The quantitative estimate of drug-likeness (QED) is 0.594. The number of hydrogen-bond donors (Lipinski definition) is 1. The predicted octanol–water partition coefficient (Wildman–Crippen LogP) is 2.09. The molecule has 5 heteroatoms. The molecule has 0 saturated heterocycles. The molecule has 2 nitrogen and oxygen atoms in total. The van der Waals surface area contributed by atoms with Gasteiger partial charge in [-0.05, 0) is 6.07 Å². The number of ketones is 1. The first kappa shape index (κ1) is 9.92. The molecule has 0 heterocycles. The van der Waals surface area contributed by atoms with Gasteiger partial charge < -0.3 is 5.11 Å². The van der Waals surface area contributed by atoms with Gasteiger partial charge in [-0.2, -0.15) is 0 Å².